The minimum Gasteiger partial charge on any atom is -0.349 e. The highest BCUT2D eigenvalue weighted by atomic mass is 35.5. The molecule has 0 saturated heterocycles. The Morgan fingerprint density at radius 1 is 1.42 bits per heavy atom. The third kappa shape index (κ3) is 4.80. The lowest BCUT2D eigenvalue weighted by molar-refractivity contribution is -0.122. The maximum atomic E-state index is 12.3. The molecular weight excluding hydrogens is 370 g/mol. The van der Waals surface area contributed by atoms with E-state index in [2.05, 4.69) is 15.5 Å². The molecule has 2 aromatic rings. The number of hydrogen-bond acceptors (Lipinski definition) is 5. The molecule has 1 atom stereocenters. The average Bonchev–Trinajstić information content (AvgIpc) is 3.05. The fraction of sp³-hybridized carbons (Fsp3) is 0.526. The van der Waals surface area contributed by atoms with E-state index < -0.39 is 0 Å². The molecule has 0 aliphatic carbocycles. The highest BCUT2D eigenvalue weighted by molar-refractivity contribution is 7.99. The topological polar surface area (TPSA) is 68.0 Å². The van der Waals surface area contributed by atoms with Crippen LogP contribution in [0.15, 0.2) is 27.6 Å². The van der Waals surface area contributed by atoms with Crippen molar-refractivity contribution in [1.29, 1.82) is 0 Å². The third-order valence-electron chi connectivity index (χ3n) is 4.28. The van der Waals surface area contributed by atoms with Crippen LogP contribution in [0.2, 0.25) is 5.02 Å². The quantitative estimate of drug-likeness (QED) is 0.797. The molecule has 0 bridgehead atoms. The van der Waals surface area contributed by atoms with Crippen LogP contribution < -0.4 is 5.32 Å². The van der Waals surface area contributed by atoms with Crippen molar-refractivity contribution in [2.75, 3.05) is 5.75 Å². The monoisotopic (exact) mass is 393 g/mol. The summed E-state index contributed by atoms with van der Waals surface area (Å²) in [5, 5.41) is 7.86. The van der Waals surface area contributed by atoms with Gasteiger partial charge >= 0.3 is 0 Å². The Hall–Kier alpha value is -1.53. The number of carbonyl (C=O) groups is 1. The molecule has 2 heterocycles. The number of halogens is 1. The molecule has 26 heavy (non-hydrogen) atoms. The second-order valence-corrected chi connectivity index (χ2v) is 9.13. The van der Waals surface area contributed by atoms with E-state index in [0.717, 1.165) is 17.7 Å². The lowest BCUT2D eigenvalue weighted by atomic mass is 9.96. The predicted molar refractivity (Wildman–Crippen MR) is 104 cm³/mol. The summed E-state index contributed by atoms with van der Waals surface area (Å²) < 4.78 is 5.27. The molecule has 0 fully saturated rings. The van der Waals surface area contributed by atoms with E-state index in [-0.39, 0.29) is 17.4 Å². The van der Waals surface area contributed by atoms with E-state index in [4.69, 9.17) is 16.1 Å². The summed E-state index contributed by atoms with van der Waals surface area (Å²) in [6.07, 6.45) is 2.65. The van der Waals surface area contributed by atoms with Gasteiger partial charge in [0.1, 0.15) is 0 Å². The lowest BCUT2D eigenvalue weighted by Gasteiger charge is -2.26. The van der Waals surface area contributed by atoms with Crippen LogP contribution in [-0.4, -0.2) is 21.8 Å². The highest BCUT2D eigenvalue weighted by Crippen LogP contribution is 2.37. The molecule has 0 radical (unpaired) electrons. The Balaban J connectivity index is 1.51. The van der Waals surface area contributed by atoms with Gasteiger partial charge in [0.05, 0.1) is 6.04 Å². The van der Waals surface area contributed by atoms with E-state index in [1.807, 2.05) is 50.7 Å². The van der Waals surface area contributed by atoms with Gasteiger partial charge in [-0.05, 0) is 36.6 Å². The normalized spacial score (nSPS) is 17.0. The second-order valence-electron chi connectivity index (χ2n) is 7.55. The number of nitrogens with one attached hydrogen (secondary N) is 1. The zero-order valence-corrected chi connectivity index (χ0v) is 16.9. The molecule has 7 heteroatoms. The van der Waals surface area contributed by atoms with E-state index >= 15 is 0 Å². The van der Waals surface area contributed by atoms with Crippen LogP contribution >= 0.6 is 23.4 Å². The van der Waals surface area contributed by atoms with Crippen molar-refractivity contribution in [2.45, 2.75) is 62.8 Å². The summed E-state index contributed by atoms with van der Waals surface area (Å²) in [5.41, 5.74) is 0.987. The number of nitrogens with zero attached hydrogens (tertiary/aromatic N) is 2. The summed E-state index contributed by atoms with van der Waals surface area (Å²) in [4.78, 5) is 18.0. The molecule has 1 aromatic heterocycles. The van der Waals surface area contributed by atoms with Gasteiger partial charge in [0.25, 0.3) is 0 Å². The van der Waals surface area contributed by atoms with E-state index in [1.54, 1.807) is 0 Å². The zero-order valence-electron chi connectivity index (χ0n) is 15.3. The van der Waals surface area contributed by atoms with Crippen molar-refractivity contribution in [3.05, 3.63) is 40.5 Å². The van der Waals surface area contributed by atoms with Crippen LogP contribution in [0.3, 0.4) is 0 Å². The number of hydrogen-bond donors (Lipinski definition) is 1. The van der Waals surface area contributed by atoms with Crippen molar-refractivity contribution in [3.63, 3.8) is 0 Å². The molecule has 5 nitrogen and oxygen atoms in total. The number of carbonyl (C=O) groups excluding carboxylic acids is 1. The van der Waals surface area contributed by atoms with Gasteiger partial charge in [-0.25, -0.2) is 0 Å². The van der Waals surface area contributed by atoms with Gasteiger partial charge in [0.15, 0.2) is 5.82 Å². The number of thioether (sulfide) groups is 1. The zero-order chi connectivity index (χ0) is 18.7. The third-order valence-corrected chi connectivity index (χ3v) is 5.64. The van der Waals surface area contributed by atoms with Gasteiger partial charge in [-0.1, -0.05) is 37.5 Å². The number of rotatable bonds is 5. The summed E-state index contributed by atoms with van der Waals surface area (Å²) in [6.45, 7) is 6.13. The van der Waals surface area contributed by atoms with Crippen LogP contribution in [0, 0.1) is 0 Å². The summed E-state index contributed by atoms with van der Waals surface area (Å²) >= 11 is 7.93. The molecule has 3 rings (SSSR count). The Bertz CT molecular complexity index is 785. The first-order valence-corrected chi connectivity index (χ1v) is 10.2. The van der Waals surface area contributed by atoms with E-state index in [0.29, 0.717) is 36.0 Å². The summed E-state index contributed by atoms with van der Waals surface area (Å²) in [7, 11) is 0. The van der Waals surface area contributed by atoms with Gasteiger partial charge in [-0.15, -0.1) is 11.8 Å². The molecule has 1 unspecified atom stereocenters. The Morgan fingerprint density at radius 2 is 2.23 bits per heavy atom. The molecule has 0 spiro atoms. The van der Waals surface area contributed by atoms with Crippen molar-refractivity contribution in [2.24, 2.45) is 0 Å². The Kier molecular flexibility index (Phi) is 5.92. The fourth-order valence-corrected chi connectivity index (χ4v) is 4.13. The maximum Gasteiger partial charge on any atom is 0.226 e. The van der Waals surface area contributed by atoms with Gasteiger partial charge in [-0.3, -0.25) is 4.79 Å². The number of benzene rings is 1. The lowest BCUT2D eigenvalue weighted by Crippen LogP contribution is -2.30. The molecule has 1 aromatic carbocycles. The largest absolute Gasteiger partial charge is 0.349 e. The van der Waals surface area contributed by atoms with Crippen molar-refractivity contribution in [1.82, 2.24) is 15.5 Å². The van der Waals surface area contributed by atoms with E-state index in [1.165, 1.54) is 4.90 Å². The van der Waals surface area contributed by atoms with Crippen LogP contribution in [0.1, 0.15) is 63.4 Å². The SMILES string of the molecule is CC(C)(C)c1noc(CCCC(=O)NC2CCSc3ccc(Cl)cc32)n1. The van der Waals surface area contributed by atoms with Gasteiger partial charge in [0.2, 0.25) is 11.8 Å². The van der Waals surface area contributed by atoms with Crippen molar-refractivity contribution in [3.8, 4) is 0 Å². The maximum absolute atomic E-state index is 12.3. The van der Waals surface area contributed by atoms with Crippen LogP contribution in [0.25, 0.3) is 0 Å². The first-order chi connectivity index (χ1) is 12.3. The predicted octanol–water partition coefficient (Wildman–Crippen LogP) is 4.70. The highest BCUT2D eigenvalue weighted by Gasteiger charge is 2.23. The Labute approximate surface area is 163 Å². The molecule has 1 amide bonds. The number of amides is 1. The van der Waals surface area contributed by atoms with Gasteiger partial charge < -0.3 is 9.84 Å². The molecular formula is C19H24ClN3O2S. The Morgan fingerprint density at radius 3 is 2.96 bits per heavy atom. The molecule has 140 valence electrons. The number of aromatic nitrogens is 2. The number of fused-ring (bicyclic) bond motifs is 1. The minimum absolute atomic E-state index is 0.0355. The van der Waals surface area contributed by atoms with Crippen LogP contribution in [0.5, 0.6) is 0 Å². The molecule has 0 saturated carbocycles. The summed E-state index contributed by atoms with van der Waals surface area (Å²) in [5.74, 6) is 2.33. The van der Waals surface area contributed by atoms with Gasteiger partial charge in [-0.2, -0.15) is 4.98 Å². The van der Waals surface area contributed by atoms with Crippen molar-refractivity contribution >= 4 is 29.3 Å². The standard InChI is InChI=1S/C19H24ClN3O2S/c1-19(2,3)18-22-17(25-23-18)6-4-5-16(24)21-14-9-10-26-15-8-7-12(20)11-13(14)15/h7-8,11,14H,4-6,9-10H2,1-3H3,(H,21,24). The minimum atomic E-state index is -0.132. The van der Waals surface area contributed by atoms with Crippen LogP contribution in [0.4, 0.5) is 0 Å². The first kappa shape index (κ1) is 19.2. The number of aryl methyl sites for hydroxylation is 1. The van der Waals surface area contributed by atoms with E-state index in [9.17, 15) is 4.79 Å². The first-order valence-electron chi connectivity index (χ1n) is 8.87. The summed E-state index contributed by atoms with van der Waals surface area (Å²) in [6, 6.07) is 5.92. The van der Waals surface area contributed by atoms with Crippen LogP contribution in [-0.2, 0) is 16.6 Å². The van der Waals surface area contributed by atoms with Gasteiger partial charge in [0, 0.05) is 33.9 Å². The fourth-order valence-electron chi connectivity index (χ4n) is 2.84. The van der Waals surface area contributed by atoms with Crippen molar-refractivity contribution < 1.29 is 9.32 Å². The average molecular weight is 394 g/mol. The molecule has 1 aliphatic rings. The molecule has 1 aliphatic heterocycles. The second kappa shape index (κ2) is 8.01. The smallest absolute Gasteiger partial charge is 0.226 e. The molecule has 1 N–H and O–H groups in total.